The van der Waals surface area contributed by atoms with Crippen LogP contribution in [0.4, 0.5) is 5.13 Å². The zero-order valence-corrected chi connectivity index (χ0v) is 22.1. The lowest BCUT2D eigenvalue weighted by atomic mass is 10.1. The Labute approximate surface area is 225 Å². The van der Waals surface area contributed by atoms with E-state index in [1.807, 2.05) is 47.9 Å². The molecule has 3 heterocycles. The first-order valence-electron chi connectivity index (χ1n) is 10.8. The highest BCUT2D eigenvalue weighted by Gasteiger charge is 2.20. The third-order valence-corrected chi connectivity index (χ3v) is 7.68. The zero-order valence-electron chi connectivity index (χ0n) is 18.9. The van der Waals surface area contributed by atoms with E-state index in [-0.39, 0.29) is 11.7 Å². The lowest BCUT2D eigenvalue weighted by molar-refractivity contribution is -0.113. The number of nitrogens with zero attached hydrogens (tertiary/aromatic N) is 4. The van der Waals surface area contributed by atoms with Crippen LogP contribution in [-0.4, -0.2) is 31.4 Å². The largest absolute Gasteiger partial charge is 0.461 e. The zero-order chi connectivity index (χ0) is 25.1. The molecule has 0 radical (unpaired) electrons. The van der Waals surface area contributed by atoms with Crippen molar-refractivity contribution >= 4 is 57.3 Å². The summed E-state index contributed by atoms with van der Waals surface area (Å²) in [5, 5.41) is 13.9. The molecule has 36 heavy (non-hydrogen) atoms. The number of aromatic nitrogens is 4. The van der Waals surface area contributed by atoms with Gasteiger partial charge in [-0.05, 0) is 54.4 Å². The molecule has 0 fully saturated rings. The first-order valence-corrected chi connectivity index (χ1v) is 13.4. The summed E-state index contributed by atoms with van der Waals surface area (Å²) >= 11 is 15.0. The fraction of sp³-hybridized carbons (Fsp3) is 0.120. The molecule has 2 aromatic carbocycles. The van der Waals surface area contributed by atoms with Crippen LogP contribution in [0.25, 0.3) is 17.3 Å². The van der Waals surface area contributed by atoms with Crippen molar-refractivity contribution in [3.05, 3.63) is 93.1 Å². The van der Waals surface area contributed by atoms with Gasteiger partial charge in [-0.3, -0.25) is 9.36 Å². The van der Waals surface area contributed by atoms with E-state index in [1.165, 1.54) is 23.1 Å². The number of carbonyl (C=O) groups excluding carboxylic acids is 1. The molecule has 0 spiro atoms. The van der Waals surface area contributed by atoms with Crippen LogP contribution in [0.1, 0.15) is 16.0 Å². The summed E-state index contributed by atoms with van der Waals surface area (Å²) in [6.45, 7) is 2.01. The average molecular weight is 557 g/mol. The Morgan fingerprint density at radius 1 is 1.14 bits per heavy atom. The molecule has 5 aromatic rings. The van der Waals surface area contributed by atoms with Crippen LogP contribution in [0.2, 0.25) is 10.0 Å². The van der Waals surface area contributed by atoms with Crippen molar-refractivity contribution in [2.45, 2.75) is 18.5 Å². The normalized spacial score (nSPS) is 11.1. The molecule has 0 unspecified atom stereocenters. The van der Waals surface area contributed by atoms with Crippen molar-refractivity contribution in [3.63, 3.8) is 0 Å². The second-order valence-corrected chi connectivity index (χ2v) is 10.7. The minimum Gasteiger partial charge on any atom is -0.461 e. The van der Waals surface area contributed by atoms with Crippen LogP contribution in [0.15, 0.2) is 76.6 Å². The first kappa shape index (κ1) is 24.6. The topological polar surface area (TPSA) is 85.8 Å². The van der Waals surface area contributed by atoms with Gasteiger partial charge in [-0.15, -0.1) is 21.5 Å². The molecule has 0 bridgehead atoms. The highest BCUT2D eigenvalue weighted by Crippen LogP contribution is 2.30. The number of hydrogen-bond donors (Lipinski definition) is 1. The molecule has 11 heteroatoms. The molecule has 0 aliphatic heterocycles. The molecular formula is C25H19Cl2N5O2S2. The molecule has 0 saturated carbocycles. The van der Waals surface area contributed by atoms with E-state index in [0.717, 1.165) is 21.7 Å². The molecule has 0 aliphatic carbocycles. The van der Waals surface area contributed by atoms with Gasteiger partial charge >= 0.3 is 0 Å². The number of benzene rings is 2. The number of thioether (sulfide) groups is 1. The molecule has 7 nitrogen and oxygen atoms in total. The van der Waals surface area contributed by atoms with Crippen molar-refractivity contribution in [1.29, 1.82) is 0 Å². The lowest BCUT2D eigenvalue weighted by Crippen LogP contribution is -2.14. The molecular weight excluding hydrogens is 537 g/mol. The maximum absolute atomic E-state index is 12.7. The maximum Gasteiger partial charge on any atom is 0.236 e. The van der Waals surface area contributed by atoms with E-state index in [0.29, 0.717) is 38.3 Å². The summed E-state index contributed by atoms with van der Waals surface area (Å²) in [4.78, 5) is 18.0. The van der Waals surface area contributed by atoms with Gasteiger partial charge in [0.2, 0.25) is 11.7 Å². The summed E-state index contributed by atoms with van der Waals surface area (Å²) in [5.74, 6) is 1.11. The molecule has 0 aliphatic rings. The standard InChI is InChI=1S/C25H19Cl2N5O2S2/c1-15-5-2-3-6-20(15)32-23(21-7-4-10-34-21)30-31-25(32)35-14-22(33)29-24-28-13-18(36-24)12-16-11-17(26)8-9-19(16)27/h2-11,13H,12,14H2,1H3,(H,28,29,33). The highest BCUT2D eigenvalue weighted by atomic mass is 35.5. The minimum absolute atomic E-state index is 0.136. The molecule has 5 rings (SSSR count). The quantitative estimate of drug-likeness (QED) is 0.209. The number of carbonyl (C=O) groups is 1. The summed E-state index contributed by atoms with van der Waals surface area (Å²) in [5.41, 5.74) is 2.87. The van der Waals surface area contributed by atoms with Gasteiger partial charge in [-0.2, -0.15) is 0 Å². The van der Waals surface area contributed by atoms with Crippen LogP contribution in [-0.2, 0) is 11.2 Å². The number of aryl methyl sites for hydroxylation is 1. The van der Waals surface area contributed by atoms with Crippen molar-refractivity contribution in [2.24, 2.45) is 0 Å². The Balaban J connectivity index is 1.28. The van der Waals surface area contributed by atoms with Gasteiger partial charge < -0.3 is 9.73 Å². The van der Waals surface area contributed by atoms with Crippen molar-refractivity contribution in [1.82, 2.24) is 19.7 Å². The maximum atomic E-state index is 12.7. The van der Waals surface area contributed by atoms with E-state index in [9.17, 15) is 4.79 Å². The molecule has 1 amide bonds. The Kier molecular flexibility index (Phi) is 7.43. The Hall–Kier alpha value is -3.11. The van der Waals surface area contributed by atoms with Crippen molar-refractivity contribution in [3.8, 4) is 17.3 Å². The van der Waals surface area contributed by atoms with Crippen molar-refractivity contribution in [2.75, 3.05) is 11.1 Å². The van der Waals surface area contributed by atoms with Gasteiger partial charge in [-0.25, -0.2) is 4.98 Å². The third-order valence-electron chi connectivity index (χ3n) is 5.24. The lowest BCUT2D eigenvalue weighted by Gasteiger charge is -2.11. The van der Waals surface area contributed by atoms with Gasteiger partial charge in [-0.1, -0.05) is 53.2 Å². The minimum atomic E-state index is -0.194. The van der Waals surface area contributed by atoms with Gasteiger partial charge in [0.05, 0.1) is 17.7 Å². The van der Waals surface area contributed by atoms with Crippen LogP contribution >= 0.6 is 46.3 Å². The molecule has 1 N–H and O–H groups in total. The summed E-state index contributed by atoms with van der Waals surface area (Å²) in [6, 6.07) is 16.9. The fourth-order valence-corrected chi connectivity index (χ4v) is 5.53. The number of furan rings is 1. The third kappa shape index (κ3) is 5.49. The van der Waals surface area contributed by atoms with Crippen molar-refractivity contribution < 1.29 is 9.21 Å². The fourth-order valence-electron chi connectivity index (χ4n) is 3.56. The van der Waals surface area contributed by atoms with Crippen LogP contribution in [0, 0.1) is 6.92 Å². The predicted octanol–water partition coefficient (Wildman–Crippen LogP) is 6.92. The molecule has 0 atom stereocenters. The van der Waals surface area contributed by atoms with E-state index in [4.69, 9.17) is 27.6 Å². The highest BCUT2D eigenvalue weighted by molar-refractivity contribution is 7.99. The number of thiazole rings is 1. The molecule has 182 valence electrons. The second kappa shape index (κ2) is 10.9. The number of halogens is 2. The number of hydrogen-bond acceptors (Lipinski definition) is 7. The number of amides is 1. The summed E-state index contributed by atoms with van der Waals surface area (Å²) in [7, 11) is 0. The second-order valence-electron chi connectivity index (χ2n) is 7.79. The van der Waals surface area contributed by atoms with E-state index >= 15 is 0 Å². The van der Waals surface area contributed by atoms with Gasteiger partial charge in [0, 0.05) is 27.5 Å². The van der Waals surface area contributed by atoms with Gasteiger partial charge in [0.1, 0.15) is 0 Å². The summed E-state index contributed by atoms with van der Waals surface area (Å²) < 4.78 is 7.47. The van der Waals surface area contributed by atoms with E-state index < -0.39 is 0 Å². The van der Waals surface area contributed by atoms with Crippen LogP contribution in [0.5, 0.6) is 0 Å². The molecule has 3 aromatic heterocycles. The predicted molar refractivity (Wildman–Crippen MR) is 145 cm³/mol. The van der Waals surface area contributed by atoms with Crippen LogP contribution in [0.3, 0.4) is 0 Å². The van der Waals surface area contributed by atoms with Crippen LogP contribution < -0.4 is 5.32 Å². The summed E-state index contributed by atoms with van der Waals surface area (Å²) in [6.07, 6.45) is 3.90. The molecule has 0 saturated heterocycles. The monoisotopic (exact) mass is 555 g/mol. The SMILES string of the molecule is Cc1ccccc1-n1c(SCC(=O)Nc2ncc(Cc3cc(Cl)ccc3Cl)s2)nnc1-c1ccco1. The van der Waals surface area contributed by atoms with Gasteiger partial charge in [0.25, 0.3) is 0 Å². The number of nitrogens with one attached hydrogen (secondary N) is 1. The Morgan fingerprint density at radius 3 is 2.81 bits per heavy atom. The van der Waals surface area contributed by atoms with Gasteiger partial charge in [0.15, 0.2) is 16.0 Å². The smallest absolute Gasteiger partial charge is 0.236 e. The first-order chi connectivity index (χ1) is 17.5. The Bertz CT molecular complexity index is 1510. The Morgan fingerprint density at radius 2 is 2.00 bits per heavy atom. The number of rotatable bonds is 8. The number of para-hydroxylation sites is 1. The average Bonchev–Trinajstić information content (AvgIpc) is 3.62. The van der Waals surface area contributed by atoms with E-state index in [1.54, 1.807) is 30.7 Å². The number of anilines is 1. The van der Waals surface area contributed by atoms with E-state index in [2.05, 4.69) is 20.5 Å².